The van der Waals surface area contributed by atoms with Crippen LogP contribution >= 0.6 is 0 Å². The van der Waals surface area contributed by atoms with Gasteiger partial charge in [0.1, 0.15) is 11.2 Å². The third-order valence-corrected chi connectivity index (χ3v) is 6.46. The molecular weight excluding hydrogens is 509 g/mol. The molecule has 11 heteroatoms. The summed E-state index contributed by atoms with van der Waals surface area (Å²) in [6.45, 7) is 6.27. The van der Waals surface area contributed by atoms with Gasteiger partial charge in [-0.05, 0) is 51.3 Å². The molecule has 5 rings (SSSR count). The predicted molar refractivity (Wildman–Crippen MR) is 142 cm³/mol. The zero-order valence-corrected chi connectivity index (χ0v) is 21.8. The lowest BCUT2D eigenvalue weighted by Gasteiger charge is -2.34. The Labute approximate surface area is 223 Å². The molecule has 204 valence electrons. The number of nitrogens with zero attached hydrogens (tertiary/aromatic N) is 4. The molecular formula is C28H29F3N6O2. The van der Waals surface area contributed by atoms with Crippen molar-refractivity contribution in [3.63, 3.8) is 0 Å². The van der Waals surface area contributed by atoms with Gasteiger partial charge in [-0.1, -0.05) is 18.2 Å². The molecule has 2 N–H and O–H groups in total. The summed E-state index contributed by atoms with van der Waals surface area (Å²) in [4.78, 5) is 29.7. The van der Waals surface area contributed by atoms with Gasteiger partial charge in [-0.2, -0.15) is 13.2 Å². The number of benzene rings is 1. The molecule has 3 aromatic heterocycles. The van der Waals surface area contributed by atoms with Gasteiger partial charge in [0.2, 0.25) is 5.95 Å². The Balaban J connectivity index is 1.48. The van der Waals surface area contributed by atoms with Crippen LogP contribution in [0.4, 0.5) is 23.9 Å². The number of rotatable bonds is 4. The number of halogens is 3. The van der Waals surface area contributed by atoms with Crippen LogP contribution in [0.2, 0.25) is 0 Å². The van der Waals surface area contributed by atoms with Crippen LogP contribution in [0.1, 0.15) is 39.2 Å². The van der Waals surface area contributed by atoms with E-state index in [9.17, 15) is 18.0 Å². The maximum absolute atomic E-state index is 14.1. The Morgan fingerprint density at radius 2 is 1.90 bits per heavy atom. The first kappa shape index (κ1) is 26.5. The Hall–Kier alpha value is -4.15. The zero-order valence-electron chi connectivity index (χ0n) is 21.8. The summed E-state index contributed by atoms with van der Waals surface area (Å²) in [5, 5.41) is 3.74. The highest BCUT2D eigenvalue weighted by molar-refractivity contribution is 6.02. The monoisotopic (exact) mass is 538 g/mol. The quantitative estimate of drug-likeness (QED) is 0.307. The first-order chi connectivity index (χ1) is 18.5. The number of para-hydroxylation sites is 1. The first-order valence-electron chi connectivity index (χ1n) is 12.7. The van der Waals surface area contributed by atoms with Crippen molar-refractivity contribution in [3.05, 3.63) is 60.7 Å². The summed E-state index contributed by atoms with van der Waals surface area (Å²) in [6.07, 6.45) is 2.03. The van der Waals surface area contributed by atoms with Crippen molar-refractivity contribution in [1.82, 2.24) is 24.8 Å². The number of piperidine rings is 1. The number of ether oxygens (including phenoxy) is 1. The van der Waals surface area contributed by atoms with Crippen LogP contribution in [-0.4, -0.2) is 55.7 Å². The molecule has 4 heterocycles. The van der Waals surface area contributed by atoms with Gasteiger partial charge in [-0.3, -0.25) is 4.98 Å². The smallest absolute Gasteiger partial charge is 0.419 e. The molecule has 0 aliphatic carbocycles. The first-order valence-corrected chi connectivity index (χ1v) is 12.7. The standard InChI is InChI=1S/C28H29F3N6O2/c1-27(2,3)39-26(38)37-13-5-6-18(16-37)35-25-34-15-22(28(29,30)31)24(36-25)21-14-33-23-19(7-4-8-20(21)23)17-9-11-32-12-10-17/h4,7-12,14-15,18,33H,5-6,13,16H2,1-3H3,(H,34,35,36)/t18-/m0/s1. The highest BCUT2D eigenvalue weighted by Gasteiger charge is 2.36. The number of nitrogens with one attached hydrogen (secondary N) is 2. The molecule has 1 aliphatic rings. The number of likely N-dealkylation sites (tertiary alicyclic amines) is 1. The molecule has 1 fully saturated rings. The third-order valence-electron chi connectivity index (χ3n) is 6.46. The second kappa shape index (κ2) is 10.2. The van der Waals surface area contributed by atoms with Crippen LogP contribution in [0, 0.1) is 0 Å². The number of hydrogen-bond donors (Lipinski definition) is 2. The number of aromatic nitrogens is 4. The fraction of sp³-hybridized carbons (Fsp3) is 0.357. The van der Waals surface area contributed by atoms with Crippen LogP contribution in [-0.2, 0) is 10.9 Å². The lowest BCUT2D eigenvalue weighted by atomic mass is 10.0. The number of carbonyl (C=O) groups is 1. The molecule has 1 amide bonds. The van der Waals surface area contributed by atoms with E-state index in [-0.39, 0.29) is 17.7 Å². The van der Waals surface area contributed by atoms with Crippen molar-refractivity contribution in [2.75, 3.05) is 18.4 Å². The topological polar surface area (TPSA) is 96.0 Å². The van der Waals surface area contributed by atoms with Gasteiger partial charge in [-0.15, -0.1) is 0 Å². The average Bonchev–Trinajstić information content (AvgIpc) is 3.32. The number of aromatic amines is 1. The molecule has 0 spiro atoms. The molecule has 4 aromatic rings. The van der Waals surface area contributed by atoms with Gasteiger partial charge in [0.15, 0.2) is 0 Å². The molecule has 1 aliphatic heterocycles. The van der Waals surface area contributed by atoms with E-state index in [0.717, 1.165) is 17.3 Å². The van der Waals surface area contributed by atoms with Gasteiger partial charge in [-0.25, -0.2) is 14.8 Å². The normalized spacial score (nSPS) is 16.4. The zero-order chi connectivity index (χ0) is 27.8. The van der Waals surface area contributed by atoms with E-state index < -0.39 is 23.4 Å². The minimum atomic E-state index is -4.65. The molecule has 1 aromatic carbocycles. The van der Waals surface area contributed by atoms with Crippen LogP contribution in [0.15, 0.2) is 55.1 Å². The van der Waals surface area contributed by atoms with Crippen LogP contribution in [0.3, 0.4) is 0 Å². The number of amides is 1. The van der Waals surface area contributed by atoms with E-state index in [2.05, 4.69) is 25.3 Å². The van der Waals surface area contributed by atoms with Crippen LogP contribution in [0.25, 0.3) is 33.3 Å². The third kappa shape index (κ3) is 5.81. The van der Waals surface area contributed by atoms with E-state index in [1.54, 1.807) is 56.4 Å². The molecule has 1 saturated heterocycles. The summed E-state index contributed by atoms with van der Waals surface area (Å²) in [5.74, 6) is 0.0636. The fourth-order valence-corrected chi connectivity index (χ4v) is 4.76. The van der Waals surface area contributed by atoms with Crippen LogP contribution in [0.5, 0.6) is 0 Å². The number of carbonyl (C=O) groups excluding carboxylic acids is 1. The maximum atomic E-state index is 14.1. The summed E-state index contributed by atoms with van der Waals surface area (Å²) in [5.41, 5.74) is 0.959. The van der Waals surface area contributed by atoms with Crippen molar-refractivity contribution in [1.29, 1.82) is 0 Å². The number of anilines is 1. The predicted octanol–water partition coefficient (Wildman–Crippen LogP) is 6.52. The lowest BCUT2D eigenvalue weighted by molar-refractivity contribution is -0.137. The van der Waals surface area contributed by atoms with E-state index in [1.807, 2.05) is 18.2 Å². The van der Waals surface area contributed by atoms with Gasteiger partial charge in [0, 0.05) is 60.4 Å². The van der Waals surface area contributed by atoms with Crippen molar-refractivity contribution in [3.8, 4) is 22.4 Å². The molecule has 39 heavy (non-hydrogen) atoms. The molecule has 0 radical (unpaired) electrons. The molecule has 8 nitrogen and oxygen atoms in total. The summed E-state index contributed by atoms with van der Waals surface area (Å²) < 4.78 is 47.7. The van der Waals surface area contributed by atoms with Crippen molar-refractivity contribution in [2.45, 2.75) is 51.4 Å². The lowest BCUT2D eigenvalue weighted by Crippen LogP contribution is -2.47. The number of fused-ring (bicyclic) bond motifs is 1. The minimum absolute atomic E-state index is 0.0636. The SMILES string of the molecule is CC(C)(C)OC(=O)N1CCC[C@H](Nc2ncc(C(F)(F)F)c(-c3c[nH]c4c(-c5ccncc5)cccc34)n2)C1. The Kier molecular flexibility index (Phi) is 6.92. The second-order valence-electron chi connectivity index (χ2n) is 10.5. The van der Waals surface area contributed by atoms with Crippen molar-refractivity contribution < 1.29 is 22.7 Å². The average molecular weight is 539 g/mol. The van der Waals surface area contributed by atoms with Gasteiger partial charge >= 0.3 is 12.3 Å². The summed E-state index contributed by atoms with van der Waals surface area (Å²) in [7, 11) is 0. The van der Waals surface area contributed by atoms with E-state index in [1.165, 1.54) is 0 Å². The number of H-pyrrole nitrogens is 1. The van der Waals surface area contributed by atoms with Gasteiger partial charge in [0.25, 0.3) is 0 Å². The number of hydrogen-bond acceptors (Lipinski definition) is 6. The molecule has 0 unspecified atom stereocenters. The number of alkyl halides is 3. The van der Waals surface area contributed by atoms with Crippen molar-refractivity contribution >= 4 is 22.9 Å². The Bertz CT molecular complexity index is 1480. The minimum Gasteiger partial charge on any atom is -0.444 e. The van der Waals surface area contributed by atoms with E-state index >= 15 is 0 Å². The highest BCUT2D eigenvalue weighted by Crippen LogP contribution is 2.40. The van der Waals surface area contributed by atoms with Crippen LogP contribution < -0.4 is 5.32 Å². The van der Waals surface area contributed by atoms with Crippen molar-refractivity contribution in [2.24, 2.45) is 0 Å². The summed E-state index contributed by atoms with van der Waals surface area (Å²) >= 11 is 0. The molecule has 0 bridgehead atoms. The maximum Gasteiger partial charge on any atom is 0.419 e. The fourth-order valence-electron chi connectivity index (χ4n) is 4.76. The second-order valence-corrected chi connectivity index (χ2v) is 10.5. The number of pyridine rings is 1. The van der Waals surface area contributed by atoms with Gasteiger partial charge in [0.05, 0.1) is 11.2 Å². The molecule has 1 atom stereocenters. The van der Waals surface area contributed by atoms with E-state index in [0.29, 0.717) is 42.4 Å². The highest BCUT2D eigenvalue weighted by atomic mass is 19.4. The largest absolute Gasteiger partial charge is 0.444 e. The van der Waals surface area contributed by atoms with Gasteiger partial charge < -0.3 is 19.9 Å². The Morgan fingerprint density at radius 3 is 2.62 bits per heavy atom. The summed E-state index contributed by atoms with van der Waals surface area (Å²) in [6, 6.07) is 8.91. The molecule has 0 saturated carbocycles. The Morgan fingerprint density at radius 1 is 1.13 bits per heavy atom. The van der Waals surface area contributed by atoms with E-state index in [4.69, 9.17) is 4.74 Å².